The molecule has 0 aromatic heterocycles. The van der Waals surface area contributed by atoms with Crippen molar-refractivity contribution in [2.75, 3.05) is 0 Å². The summed E-state index contributed by atoms with van der Waals surface area (Å²) in [6, 6.07) is 0. The Morgan fingerprint density at radius 1 is 1.78 bits per heavy atom. The Labute approximate surface area is 54.4 Å². The highest BCUT2D eigenvalue weighted by atomic mass is 16.1. The van der Waals surface area contributed by atoms with E-state index in [1.807, 2.05) is 6.08 Å². The number of Topliss-reactive ketones (excluding diaryl/α,β-unsaturated/α-hetero) is 1. The molecule has 0 spiro atoms. The second kappa shape index (κ2) is 2.47. The summed E-state index contributed by atoms with van der Waals surface area (Å²) in [6.45, 7) is 3.38. The number of rotatable bonds is 1. The lowest BCUT2D eigenvalue weighted by Gasteiger charge is -1.83. The first-order chi connectivity index (χ1) is 4.34. The molecular formula is C8H8O. The van der Waals surface area contributed by atoms with Crippen LogP contribution in [0.4, 0.5) is 0 Å². The molecule has 9 heavy (non-hydrogen) atoms. The molecule has 1 nitrogen and oxygen atoms in total. The van der Waals surface area contributed by atoms with Crippen LogP contribution in [-0.4, -0.2) is 5.78 Å². The van der Waals surface area contributed by atoms with Crippen molar-refractivity contribution in [3.8, 4) is 0 Å². The van der Waals surface area contributed by atoms with Crippen LogP contribution in [-0.2, 0) is 4.79 Å². The van der Waals surface area contributed by atoms with Crippen molar-refractivity contribution in [2.45, 2.75) is 12.8 Å². The van der Waals surface area contributed by atoms with Crippen molar-refractivity contribution in [3.63, 3.8) is 0 Å². The second-order valence-corrected chi connectivity index (χ2v) is 1.97. The zero-order valence-corrected chi connectivity index (χ0v) is 5.18. The van der Waals surface area contributed by atoms with E-state index in [4.69, 9.17) is 0 Å². The standard InChI is InChI=1S/C8H8O/c1-2-4-7-5-3-6-8(7)9/h4-5H,1,3,6H2. The molecule has 0 fully saturated rings. The number of hydrogen-bond acceptors (Lipinski definition) is 1. The fourth-order valence-electron chi connectivity index (χ4n) is 0.866. The summed E-state index contributed by atoms with van der Waals surface area (Å²) in [4.78, 5) is 10.8. The molecule has 0 bridgehead atoms. The first-order valence-electron chi connectivity index (χ1n) is 2.94. The molecule has 0 amide bonds. The molecule has 1 aliphatic carbocycles. The van der Waals surface area contributed by atoms with Crippen molar-refractivity contribution < 1.29 is 4.79 Å². The molecule has 1 heteroatoms. The highest BCUT2D eigenvalue weighted by Gasteiger charge is 2.10. The lowest BCUT2D eigenvalue weighted by atomic mass is 10.2. The highest BCUT2D eigenvalue weighted by Crippen LogP contribution is 2.13. The van der Waals surface area contributed by atoms with E-state index in [0.717, 1.165) is 12.0 Å². The maximum absolute atomic E-state index is 10.8. The van der Waals surface area contributed by atoms with Gasteiger partial charge in [-0.25, -0.2) is 0 Å². The van der Waals surface area contributed by atoms with Crippen molar-refractivity contribution in [1.29, 1.82) is 0 Å². The van der Waals surface area contributed by atoms with E-state index in [2.05, 4.69) is 12.3 Å². The minimum absolute atomic E-state index is 0.214. The van der Waals surface area contributed by atoms with Crippen molar-refractivity contribution in [2.24, 2.45) is 0 Å². The number of carbonyl (C=O) groups is 1. The van der Waals surface area contributed by atoms with Crippen LogP contribution >= 0.6 is 0 Å². The normalized spacial score (nSPS) is 16.9. The van der Waals surface area contributed by atoms with Crippen LogP contribution in [0.1, 0.15) is 12.8 Å². The molecule has 0 atom stereocenters. The molecule has 0 N–H and O–H groups in total. The maximum atomic E-state index is 10.8. The molecule has 0 aromatic rings. The Kier molecular flexibility index (Phi) is 1.66. The summed E-state index contributed by atoms with van der Waals surface area (Å²) in [5.41, 5.74) is 3.34. The summed E-state index contributed by atoms with van der Waals surface area (Å²) in [7, 11) is 0. The molecule has 46 valence electrons. The summed E-state index contributed by atoms with van der Waals surface area (Å²) in [6.07, 6.45) is 5.09. The van der Waals surface area contributed by atoms with E-state index in [1.165, 1.54) is 0 Å². The van der Waals surface area contributed by atoms with Crippen LogP contribution in [0, 0.1) is 0 Å². The first-order valence-corrected chi connectivity index (χ1v) is 2.94. The van der Waals surface area contributed by atoms with Crippen molar-refractivity contribution >= 4 is 5.78 Å². The molecule has 0 heterocycles. The zero-order chi connectivity index (χ0) is 6.69. The largest absolute Gasteiger partial charge is 0.294 e. The Morgan fingerprint density at radius 2 is 2.56 bits per heavy atom. The Bertz CT molecular complexity index is 205. The fraction of sp³-hybridized carbons (Fsp3) is 0.250. The van der Waals surface area contributed by atoms with Gasteiger partial charge in [0.05, 0.1) is 0 Å². The average molecular weight is 120 g/mol. The van der Waals surface area contributed by atoms with Gasteiger partial charge in [0.1, 0.15) is 0 Å². The van der Waals surface area contributed by atoms with E-state index in [-0.39, 0.29) is 5.78 Å². The summed E-state index contributed by atoms with van der Waals surface area (Å²) < 4.78 is 0. The minimum Gasteiger partial charge on any atom is -0.294 e. The second-order valence-electron chi connectivity index (χ2n) is 1.97. The quantitative estimate of drug-likeness (QED) is 0.480. The van der Waals surface area contributed by atoms with Gasteiger partial charge in [-0.2, -0.15) is 0 Å². The lowest BCUT2D eigenvalue weighted by molar-refractivity contribution is -0.114. The minimum atomic E-state index is 0.214. The molecule has 0 saturated heterocycles. The smallest absolute Gasteiger partial charge is 0.163 e. The predicted molar refractivity (Wildman–Crippen MR) is 36.0 cm³/mol. The summed E-state index contributed by atoms with van der Waals surface area (Å²) >= 11 is 0. The van der Waals surface area contributed by atoms with Gasteiger partial charge in [0.15, 0.2) is 5.78 Å². The van der Waals surface area contributed by atoms with Gasteiger partial charge in [-0.15, -0.1) is 5.73 Å². The third kappa shape index (κ3) is 1.18. The van der Waals surface area contributed by atoms with Gasteiger partial charge in [0, 0.05) is 12.0 Å². The van der Waals surface area contributed by atoms with Crippen LogP contribution in [0.25, 0.3) is 0 Å². The van der Waals surface area contributed by atoms with Crippen LogP contribution in [0.5, 0.6) is 0 Å². The molecule has 0 saturated carbocycles. The van der Waals surface area contributed by atoms with Gasteiger partial charge in [0.25, 0.3) is 0 Å². The molecule has 0 unspecified atom stereocenters. The predicted octanol–water partition coefficient (Wildman–Crippen LogP) is 1.62. The number of allylic oxidation sites excluding steroid dienone is 3. The number of carbonyl (C=O) groups excluding carboxylic acids is 1. The van der Waals surface area contributed by atoms with Crippen molar-refractivity contribution in [3.05, 3.63) is 30.0 Å². The molecule has 0 aliphatic heterocycles. The molecule has 0 radical (unpaired) electrons. The number of ketones is 1. The van der Waals surface area contributed by atoms with E-state index < -0.39 is 0 Å². The van der Waals surface area contributed by atoms with Gasteiger partial charge in [0.2, 0.25) is 0 Å². The first kappa shape index (κ1) is 6.06. The third-order valence-corrected chi connectivity index (χ3v) is 1.32. The zero-order valence-electron chi connectivity index (χ0n) is 5.18. The van der Waals surface area contributed by atoms with E-state index in [9.17, 15) is 4.79 Å². The number of hydrogen-bond donors (Lipinski definition) is 0. The Balaban J connectivity index is 2.80. The van der Waals surface area contributed by atoms with Gasteiger partial charge < -0.3 is 0 Å². The molecule has 1 rings (SSSR count). The van der Waals surface area contributed by atoms with Gasteiger partial charge >= 0.3 is 0 Å². The molecule has 0 aromatic carbocycles. The highest BCUT2D eigenvalue weighted by molar-refractivity contribution is 5.99. The molecule has 1 aliphatic rings. The van der Waals surface area contributed by atoms with E-state index in [0.29, 0.717) is 6.42 Å². The van der Waals surface area contributed by atoms with Crippen LogP contribution < -0.4 is 0 Å². The topological polar surface area (TPSA) is 17.1 Å². The van der Waals surface area contributed by atoms with E-state index in [1.54, 1.807) is 6.08 Å². The molecular weight excluding hydrogens is 112 g/mol. The van der Waals surface area contributed by atoms with Crippen LogP contribution in [0.3, 0.4) is 0 Å². The van der Waals surface area contributed by atoms with E-state index >= 15 is 0 Å². The SMILES string of the molecule is C=C=CC1=CCCC1=O. The average Bonchev–Trinajstić information content (AvgIpc) is 2.18. The van der Waals surface area contributed by atoms with Gasteiger partial charge in [-0.05, 0) is 12.5 Å². The van der Waals surface area contributed by atoms with Gasteiger partial charge in [-0.1, -0.05) is 12.7 Å². The summed E-state index contributed by atoms with van der Waals surface area (Å²) in [5, 5.41) is 0. The van der Waals surface area contributed by atoms with Crippen molar-refractivity contribution in [1.82, 2.24) is 0 Å². The maximum Gasteiger partial charge on any atom is 0.163 e. The third-order valence-electron chi connectivity index (χ3n) is 1.32. The van der Waals surface area contributed by atoms with Crippen LogP contribution in [0.2, 0.25) is 0 Å². The van der Waals surface area contributed by atoms with Crippen LogP contribution in [0.15, 0.2) is 30.0 Å². The Morgan fingerprint density at radius 3 is 3.00 bits per heavy atom. The lowest BCUT2D eigenvalue weighted by Crippen LogP contribution is -1.90. The Hall–Kier alpha value is -1.07. The van der Waals surface area contributed by atoms with Gasteiger partial charge in [-0.3, -0.25) is 4.79 Å². The monoisotopic (exact) mass is 120 g/mol. The summed E-state index contributed by atoms with van der Waals surface area (Å²) in [5.74, 6) is 0.214. The fourth-order valence-corrected chi connectivity index (χ4v) is 0.866.